The average molecular weight is 717 g/mol. The van der Waals surface area contributed by atoms with Crippen molar-refractivity contribution in [2.45, 2.75) is 110 Å². The summed E-state index contributed by atoms with van der Waals surface area (Å²) in [5.74, 6) is -17.0. The lowest BCUT2D eigenvalue weighted by molar-refractivity contribution is -0.254. The van der Waals surface area contributed by atoms with Crippen LogP contribution >= 0.6 is 22.7 Å². The maximum atomic E-state index is 15.4. The van der Waals surface area contributed by atoms with E-state index in [1.165, 1.54) is 45.2 Å². The van der Waals surface area contributed by atoms with Gasteiger partial charge in [0.2, 0.25) is 0 Å². The van der Waals surface area contributed by atoms with Crippen LogP contribution in [0.25, 0.3) is 11.1 Å². The zero-order valence-corrected chi connectivity index (χ0v) is 29.0. The smallest absolute Gasteiger partial charge is 0.380 e. The number of aryl methyl sites for hydroxylation is 2. The van der Waals surface area contributed by atoms with Crippen LogP contribution < -0.4 is 4.74 Å². The monoisotopic (exact) mass is 716 g/mol. The van der Waals surface area contributed by atoms with Crippen LogP contribution in [0.15, 0.2) is 36.4 Å². The van der Waals surface area contributed by atoms with Crippen molar-refractivity contribution in [1.82, 2.24) is 0 Å². The summed E-state index contributed by atoms with van der Waals surface area (Å²) in [6.45, 7) is 7.23. The fourth-order valence-corrected chi connectivity index (χ4v) is 7.47. The number of hydrogen-bond acceptors (Lipinski definition) is 7. The van der Waals surface area contributed by atoms with Gasteiger partial charge in [-0.05, 0) is 81.1 Å². The Kier molecular flexibility index (Phi) is 11.8. The van der Waals surface area contributed by atoms with Crippen LogP contribution in [0.4, 0.5) is 26.3 Å². The Morgan fingerprint density at radius 1 is 0.771 bits per heavy atom. The fraction of sp³-hybridized carbons (Fsp3) is 0.486. The standard InChI is InChI=1S/C35H38F6O5S2/c1-6-7-8-9-10-11-20(2)46-25-14-12-24(13-15-25)32(43)45-19-27-17-29(22(4)48-27)31-30(33(36,37)35(40,41)34(31,38)39)28-16-26(47-21(28)3)18-44-23(5)42/h12-17,20H,6-11,18-19H2,1-5H3. The normalized spacial score (nSPS) is 17.0. The van der Waals surface area contributed by atoms with Crippen LogP contribution in [0.3, 0.4) is 0 Å². The molecule has 0 amide bonds. The highest BCUT2D eigenvalue weighted by Crippen LogP contribution is 2.65. The number of halogens is 6. The van der Waals surface area contributed by atoms with Gasteiger partial charge in [0.15, 0.2) is 0 Å². The Bertz CT molecular complexity index is 1640. The van der Waals surface area contributed by atoms with Crippen LogP contribution in [-0.4, -0.2) is 35.8 Å². The average Bonchev–Trinajstić information content (AvgIpc) is 3.60. The summed E-state index contributed by atoms with van der Waals surface area (Å²) in [5, 5.41) is 0. The molecule has 2 aromatic heterocycles. The molecule has 0 fully saturated rings. The molecule has 0 aliphatic heterocycles. The van der Waals surface area contributed by atoms with E-state index in [9.17, 15) is 18.4 Å². The van der Waals surface area contributed by atoms with Crippen LogP contribution in [-0.2, 0) is 27.5 Å². The summed E-state index contributed by atoms with van der Waals surface area (Å²) in [4.78, 5) is 24.5. The first-order chi connectivity index (χ1) is 22.5. The van der Waals surface area contributed by atoms with Gasteiger partial charge >= 0.3 is 29.7 Å². The Balaban J connectivity index is 1.52. The van der Waals surface area contributed by atoms with E-state index in [0.29, 0.717) is 5.75 Å². The van der Waals surface area contributed by atoms with Crippen molar-refractivity contribution >= 4 is 45.8 Å². The summed E-state index contributed by atoms with van der Waals surface area (Å²) in [6.07, 6.45) is 6.68. The number of unbranched alkanes of at least 4 members (excludes halogenated alkanes) is 4. The van der Waals surface area contributed by atoms with E-state index in [1.54, 1.807) is 12.1 Å². The number of benzene rings is 1. The molecular formula is C35H38F6O5S2. The van der Waals surface area contributed by atoms with Crippen molar-refractivity contribution in [1.29, 1.82) is 0 Å². The quantitative estimate of drug-likeness (QED) is 0.0890. The molecule has 0 bridgehead atoms. The van der Waals surface area contributed by atoms with Gasteiger partial charge < -0.3 is 14.2 Å². The van der Waals surface area contributed by atoms with Crippen molar-refractivity contribution in [3.8, 4) is 5.75 Å². The second-order valence-corrected chi connectivity index (χ2v) is 14.5. The molecule has 262 valence electrons. The Labute approximate surface area is 283 Å². The number of rotatable bonds is 15. The molecule has 0 saturated heterocycles. The first kappa shape index (κ1) is 37.5. The summed E-state index contributed by atoms with van der Waals surface area (Å²) < 4.78 is 107. The van der Waals surface area contributed by atoms with Gasteiger partial charge in [-0.1, -0.05) is 32.6 Å². The number of carbonyl (C=O) groups excluding carboxylic acids is 2. The molecule has 13 heteroatoms. The maximum absolute atomic E-state index is 15.4. The molecule has 0 spiro atoms. The first-order valence-electron chi connectivity index (χ1n) is 15.7. The number of carbonyl (C=O) groups is 2. The van der Waals surface area contributed by atoms with E-state index < -0.39 is 58.6 Å². The third-order valence-electron chi connectivity index (χ3n) is 8.05. The van der Waals surface area contributed by atoms with Crippen molar-refractivity contribution in [2.24, 2.45) is 0 Å². The van der Waals surface area contributed by atoms with Crippen molar-refractivity contribution < 1.29 is 50.1 Å². The topological polar surface area (TPSA) is 61.8 Å². The second kappa shape index (κ2) is 15.1. The molecule has 0 radical (unpaired) electrons. The van der Waals surface area contributed by atoms with Crippen molar-refractivity contribution in [3.63, 3.8) is 0 Å². The maximum Gasteiger partial charge on any atom is 0.380 e. The minimum atomic E-state index is -5.72. The van der Waals surface area contributed by atoms with Crippen molar-refractivity contribution in [2.75, 3.05) is 0 Å². The van der Waals surface area contributed by atoms with Crippen LogP contribution in [0, 0.1) is 13.8 Å². The highest BCUT2D eigenvalue weighted by Gasteiger charge is 2.80. The molecule has 1 atom stereocenters. The molecular weight excluding hydrogens is 679 g/mol. The van der Waals surface area contributed by atoms with Gasteiger partial charge in [-0.25, -0.2) is 4.79 Å². The van der Waals surface area contributed by atoms with Crippen LogP contribution in [0.2, 0.25) is 0 Å². The molecule has 1 unspecified atom stereocenters. The van der Waals surface area contributed by atoms with E-state index in [-0.39, 0.29) is 37.8 Å². The molecule has 5 nitrogen and oxygen atoms in total. The van der Waals surface area contributed by atoms with Gasteiger partial charge in [0.05, 0.1) is 11.7 Å². The molecule has 0 saturated carbocycles. The van der Waals surface area contributed by atoms with Gasteiger partial charge in [-0.3, -0.25) is 4.79 Å². The summed E-state index contributed by atoms with van der Waals surface area (Å²) in [6, 6.07) is 8.47. The van der Waals surface area contributed by atoms with Crippen molar-refractivity contribution in [3.05, 3.63) is 72.6 Å². The number of alkyl halides is 6. The lowest BCUT2D eigenvalue weighted by Crippen LogP contribution is -2.48. The predicted octanol–water partition coefficient (Wildman–Crippen LogP) is 10.8. The largest absolute Gasteiger partial charge is 0.491 e. The van der Waals surface area contributed by atoms with Gasteiger partial charge in [0, 0.05) is 37.6 Å². The van der Waals surface area contributed by atoms with Crippen LogP contribution in [0.1, 0.15) is 100 Å². The minimum Gasteiger partial charge on any atom is -0.491 e. The molecule has 48 heavy (non-hydrogen) atoms. The third kappa shape index (κ3) is 7.77. The molecule has 1 aliphatic rings. The lowest BCUT2D eigenvalue weighted by atomic mass is 9.95. The van der Waals surface area contributed by atoms with E-state index in [1.807, 2.05) is 6.92 Å². The van der Waals surface area contributed by atoms with Gasteiger partial charge in [0.25, 0.3) is 0 Å². The molecule has 1 aliphatic carbocycles. The third-order valence-corrected chi connectivity index (χ3v) is 10.1. The number of hydrogen-bond donors (Lipinski definition) is 0. The first-order valence-corrected chi connectivity index (χ1v) is 17.3. The Hall–Kier alpha value is -3.32. The summed E-state index contributed by atoms with van der Waals surface area (Å²) in [7, 11) is 0. The van der Waals surface area contributed by atoms with E-state index in [4.69, 9.17) is 14.2 Å². The SMILES string of the molecule is CCCCCCCC(C)Oc1ccc(C(=O)OCc2cc(C3=C(c4cc(COC(C)=O)sc4C)C(F)(F)C(F)(F)C3(F)F)c(C)s2)cc1. The zero-order valence-electron chi connectivity index (χ0n) is 27.3. The molecule has 4 rings (SSSR count). The molecule has 0 N–H and O–H groups in total. The minimum absolute atomic E-state index is 0.00471. The number of ether oxygens (including phenoxy) is 3. The number of thiophene rings is 2. The van der Waals surface area contributed by atoms with E-state index in [0.717, 1.165) is 61.0 Å². The Morgan fingerprint density at radius 3 is 1.77 bits per heavy atom. The van der Waals surface area contributed by atoms with Gasteiger partial charge in [0.1, 0.15) is 19.0 Å². The zero-order chi connectivity index (χ0) is 35.4. The fourth-order valence-electron chi connectivity index (χ4n) is 5.55. The molecule has 2 heterocycles. The van der Waals surface area contributed by atoms with E-state index in [2.05, 4.69) is 6.92 Å². The highest BCUT2D eigenvalue weighted by atomic mass is 32.1. The summed E-state index contributed by atoms with van der Waals surface area (Å²) >= 11 is 1.74. The van der Waals surface area contributed by atoms with Crippen LogP contribution in [0.5, 0.6) is 5.75 Å². The lowest BCUT2D eigenvalue weighted by Gasteiger charge is -2.25. The number of esters is 2. The molecule has 1 aromatic carbocycles. The summed E-state index contributed by atoms with van der Waals surface area (Å²) in [5.41, 5.74) is -3.75. The Morgan fingerprint density at radius 2 is 1.27 bits per heavy atom. The van der Waals surface area contributed by atoms with Gasteiger partial charge in [-0.15, -0.1) is 22.7 Å². The number of allylic oxidation sites excluding steroid dienone is 2. The highest BCUT2D eigenvalue weighted by molar-refractivity contribution is 7.12. The second-order valence-electron chi connectivity index (χ2n) is 11.9. The molecule has 3 aromatic rings. The van der Waals surface area contributed by atoms with Gasteiger partial charge in [-0.2, -0.15) is 26.3 Å². The predicted molar refractivity (Wildman–Crippen MR) is 174 cm³/mol. The van der Waals surface area contributed by atoms with E-state index >= 15 is 17.6 Å².